The first-order valence-corrected chi connectivity index (χ1v) is 9.38. The van der Waals surface area contributed by atoms with Crippen molar-refractivity contribution >= 4 is 10.0 Å². The second-order valence-electron chi connectivity index (χ2n) is 5.89. The molecule has 3 rings (SSSR count). The van der Waals surface area contributed by atoms with Crippen LogP contribution in [0.3, 0.4) is 0 Å². The molecule has 0 saturated carbocycles. The molecule has 0 amide bonds. The molecule has 0 spiro atoms. The fourth-order valence-corrected chi connectivity index (χ4v) is 4.06. The topological polar surface area (TPSA) is 46.6 Å². The van der Waals surface area contributed by atoms with Crippen LogP contribution in [-0.2, 0) is 22.9 Å². The maximum atomic E-state index is 13.5. The lowest BCUT2D eigenvalue weighted by Crippen LogP contribution is -2.31. The van der Waals surface area contributed by atoms with Gasteiger partial charge in [0.2, 0.25) is 10.0 Å². The first-order chi connectivity index (χ1) is 11.5. The number of fused-ring (bicyclic) bond motifs is 1. The number of hydrogen-bond acceptors (Lipinski definition) is 3. The van der Waals surface area contributed by atoms with Crippen LogP contribution in [0.1, 0.15) is 17.5 Å². The highest BCUT2D eigenvalue weighted by Gasteiger charge is 2.23. The van der Waals surface area contributed by atoms with Crippen LogP contribution in [0.4, 0.5) is 4.39 Å². The van der Waals surface area contributed by atoms with Crippen molar-refractivity contribution in [1.29, 1.82) is 0 Å². The Kier molecular flexibility index (Phi) is 4.87. The van der Waals surface area contributed by atoms with Crippen LogP contribution in [0.2, 0.25) is 0 Å². The van der Waals surface area contributed by atoms with E-state index in [9.17, 15) is 12.8 Å². The average Bonchev–Trinajstić information content (AvgIpc) is 3.04. The maximum Gasteiger partial charge on any atom is 0.242 e. The quantitative estimate of drug-likeness (QED) is 0.805. The Hall–Kier alpha value is -1.92. The number of para-hydroxylation sites is 1. The van der Waals surface area contributed by atoms with E-state index in [-0.39, 0.29) is 18.9 Å². The Morgan fingerprint density at radius 2 is 1.88 bits per heavy atom. The van der Waals surface area contributed by atoms with E-state index in [0.717, 1.165) is 24.8 Å². The van der Waals surface area contributed by atoms with Gasteiger partial charge in [-0.05, 0) is 54.7 Å². The van der Waals surface area contributed by atoms with Gasteiger partial charge in [-0.2, -0.15) is 4.31 Å². The SMILES string of the molecule is CN(CCOc1ccccc1F)S(=O)(=O)c1ccc2c(c1)CCC2. The summed E-state index contributed by atoms with van der Waals surface area (Å²) >= 11 is 0. The zero-order valence-electron chi connectivity index (χ0n) is 13.5. The van der Waals surface area contributed by atoms with Gasteiger partial charge in [0, 0.05) is 13.6 Å². The van der Waals surface area contributed by atoms with E-state index in [2.05, 4.69) is 0 Å². The molecule has 0 N–H and O–H groups in total. The Morgan fingerprint density at radius 3 is 2.67 bits per heavy atom. The molecule has 2 aromatic carbocycles. The predicted molar refractivity (Wildman–Crippen MR) is 90.2 cm³/mol. The molecule has 2 aromatic rings. The van der Waals surface area contributed by atoms with E-state index in [1.165, 1.54) is 29.0 Å². The van der Waals surface area contributed by atoms with Crippen LogP contribution in [0.15, 0.2) is 47.4 Å². The number of likely N-dealkylation sites (N-methyl/N-ethyl adjacent to an activating group) is 1. The minimum absolute atomic E-state index is 0.0849. The second kappa shape index (κ2) is 6.91. The first-order valence-electron chi connectivity index (χ1n) is 7.94. The van der Waals surface area contributed by atoms with Crippen molar-refractivity contribution in [2.24, 2.45) is 0 Å². The standard InChI is InChI=1S/C18H20FNO3S/c1-20(11-12-23-18-8-3-2-7-17(18)19)24(21,22)16-10-9-14-5-4-6-15(14)13-16/h2-3,7-10,13H,4-6,11-12H2,1H3. The van der Waals surface area contributed by atoms with Crippen LogP contribution in [-0.4, -0.2) is 32.9 Å². The molecule has 0 aliphatic heterocycles. The fourth-order valence-electron chi connectivity index (χ4n) is 2.85. The van der Waals surface area contributed by atoms with E-state index in [0.29, 0.717) is 4.90 Å². The fraction of sp³-hybridized carbons (Fsp3) is 0.333. The highest BCUT2D eigenvalue weighted by molar-refractivity contribution is 7.89. The molecule has 0 unspecified atom stereocenters. The largest absolute Gasteiger partial charge is 0.489 e. The van der Waals surface area contributed by atoms with E-state index < -0.39 is 15.8 Å². The molecular formula is C18H20FNO3S. The Labute approximate surface area is 141 Å². The molecule has 0 atom stereocenters. The van der Waals surface area contributed by atoms with Crippen molar-refractivity contribution in [1.82, 2.24) is 4.31 Å². The van der Waals surface area contributed by atoms with Gasteiger partial charge in [-0.25, -0.2) is 12.8 Å². The maximum absolute atomic E-state index is 13.5. The summed E-state index contributed by atoms with van der Waals surface area (Å²) in [5.74, 6) is -0.331. The third-order valence-electron chi connectivity index (χ3n) is 4.28. The molecular weight excluding hydrogens is 329 g/mol. The number of halogens is 1. The normalized spacial score (nSPS) is 14.0. The number of sulfonamides is 1. The summed E-state index contributed by atoms with van der Waals surface area (Å²) in [4.78, 5) is 0.302. The first kappa shape index (κ1) is 16.9. The number of aryl methyl sites for hydroxylation is 2. The van der Waals surface area contributed by atoms with Crippen molar-refractivity contribution in [3.63, 3.8) is 0 Å². The number of hydrogen-bond donors (Lipinski definition) is 0. The van der Waals surface area contributed by atoms with Crippen LogP contribution in [0.5, 0.6) is 5.75 Å². The van der Waals surface area contributed by atoms with Gasteiger partial charge in [0.1, 0.15) is 6.61 Å². The van der Waals surface area contributed by atoms with Gasteiger partial charge in [-0.15, -0.1) is 0 Å². The van der Waals surface area contributed by atoms with Gasteiger partial charge in [0.05, 0.1) is 4.90 Å². The monoisotopic (exact) mass is 349 g/mol. The van der Waals surface area contributed by atoms with Gasteiger partial charge in [-0.3, -0.25) is 0 Å². The summed E-state index contributed by atoms with van der Waals surface area (Å²) in [5, 5.41) is 0. The Morgan fingerprint density at radius 1 is 1.12 bits per heavy atom. The third kappa shape index (κ3) is 3.44. The van der Waals surface area contributed by atoms with Crippen molar-refractivity contribution in [3.8, 4) is 5.75 Å². The van der Waals surface area contributed by atoms with E-state index in [1.54, 1.807) is 24.3 Å². The smallest absolute Gasteiger partial charge is 0.242 e. The lowest BCUT2D eigenvalue weighted by atomic mass is 10.1. The number of ether oxygens (including phenoxy) is 1. The Bertz CT molecular complexity index is 836. The molecule has 0 saturated heterocycles. The zero-order valence-corrected chi connectivity index (χ0v) is 14.4. The molecule has 24 heavy (non-hydrogen) atoms. The van der Waals surface area contributed by atoms with Crippen LogP contribution < -0.4 is 4.74 Å². The van der Waals surface area contributed by atoms with Gasteiger partial charge in [0.25, 0.3) is 0 Å². The van der Waals surface area contributed by atoms with Gasteiger partial charge < -0.3 is 4.74 Å². The summed E-state index contributed by atoms with van der Waals surface area (Å²) in [6, 6.07) is 11.4. The highest BCUT2D eigenvalue weighted by atomic mass is 32.2. The minimum atomic E-state index is -3.57. The predicted octanol–water partition coefficient (Wildman–Crippen LogP) is 3.01. The molecule has 1 aliphatic rings. The van der Waals surface area contributed by atoms with E-state index in [4.69, 9.17) is 4.74 Å². The number of rotatable bonds is 6. The van der Waals surface area contributed by atoms with E-state index in [1.807, 2.05) is 6.07 Å². The lowest BCUT2D eigenvalue weighted by molar-refractivity contribution is 0.275. The van der Waals surface area contributed by atoms with Crippen LogP contribution in [0, 0.1) is 5.82 Å². The summed E-state index contributed by atoms with van der Waals surface area (Å²) in [5.41, 5.74) is 2.35. The third-order valence-corrected chi connectivity index (χ3v) is 6.13. The molecule has 0 radical (unpaired) electrons. The summed E-state index contributed by atoms with van der Waals surface area (Å²) < 4.78 is 45.3. The molecule has 0 fully saturated rings. The highest BCUT2D eigenvalue weighted by Crippen LogP contribution is 2.26. The molecule has 4 nitrogen and oxygen atoms in total. The number of benzene rings is 2. The van der Waals surface area contributed by atoms with Gasteiger partial charge >= 0.3 is 0 Å². The Balaban J connectivity index is 1.65. The van der Waals surface area contributed by atoms with Crippen molar-refractivity contribution in [2.45, 2.75) is 24.2 Å². The summed E-state index contributed by atoms with van der Waals surface area (Å²) in [7, 11) is -2.06. The summed E-state index contributed by atoms with van der Waals surface area (Å²) in [6.45, 7) is 0.232. The molecule has 1 aliphatic carbocycles. The molecule has 0 heterocycles. The molecule has 6 heteroatoms. The average molecular weight is 349 g/mol. The summed E-state index contributed by atoms with van der Waals surface area (Å²) in [6.07, 6.45) is 3.02. The minimum Gasteiger partial charge on any atom is -0.489 e. The van der Waals surface area contributed by atoms with Gasteiger partial charge in [0.15, 0.2) is 11.6 Å². The second-order valence-corrected chi connectivity index (χ2v) is 7.93. The van der Waals surface area contributed by atoms with Crippen molar-refractivity contribution < 1.29 is 17.5 Å². The van der Waals surface area contributed by atoms with Crippen molar-refractivity contribution in [3.05, 3.63) is 59.4 Å². The molecule has 0 aromatic heterocycles. The van der Waals surface area contributed by atoms with Gasteiger partial charge in [-0.1, -0.05) is 18.2 Å². The van der Waals surface area contributed by atoms with E-state index >= 15 is 0 Å². The lowest BCUT2D eigenvalue weighted by Gasteiger charge is -2.18. The van der Waals surface area contributed by atoms with Crippen LogP contribution >= 0.6 is 0 Å². The zero-order chi connectivity index (χ0) is 17.2. The van der Waals surface area contributed by atoms with Crippen LogP contribution in [0.25, 0.3) is 0 Å². The molecule has 0 bridgehead atoms. The number of nitrogens with zero attached hydrogens (tertiary/aromatic N) is 1. The van der Waals surface area contributed by atoms with Crippen molar-refractivity contribution in [2.75, 3.05) is 20.2 Å². The molecule has 128 valence electrons.